The first kappa shape index (κ1) is 15.9. The molecule has 0 aromatic rings. The Morgan fingerprint density at radius 3 is 1.89 bits per heavy atom. The van der Waals surface area contributed by atoms with E-state index in [0.717, 1.165) is 25.7 Å². The lowest BCUT2D eigenvalue weighted by atomic mass is 9.57. The van der Waals surface area contributed by atoms with Crippen LogP contribution in [0.2, 0.25) is 0 Å². The van der Waals surface area contributed by atoms with Crippen molar-refractivity contribution in [1.29, 1.82) is 0 Å². The maximum atomic E-state index is 11.7. The molecule has 0 spiro atoms. The fourth-order valence-corrected chi connectivity index (χ4v) is 5.57. The summed E-state index contributed by atoms with van der Waals surface area (Å²) in [5.74, 6) is -0.606. The monoisotopic (exact) mass is 272 g/mol. The third-order valence-corrected chi connectivity index (χ3v) is 5.24. The summed E-state index contributed by atoms with van der Waals surface area (Å²) in [5, 5.41) is 9.59. The SMILES string of the molecule is CCCC1(CCC)CC(SC(C)(C)C)(C(=O)O)C1. The predicted molar refractivity (Wildman–Crippen MR) is 79.2 cm³/mol. The van der Waals surface area contributed by atoms with Gasteiger partial charge in [-0.3, -0.25) is 4.79 Å². The largest absolute Gasteiger partial charge is 0.480 e. The van der Waals surface area contributed by atoms with Crippen molar-refractivity contribution in [2.24, 2.45) is 5.41 Å². The van der Waals surface area contributed by atoms with Crippen molar-refractivity contribution in [3.05, 3.63) is 0 Å². The van der Waals surface area contributed by atoms with E-state index < -0.39 is 10.7 Å². The van der Waals surface area contributed by atoms with Crippen LogP contribution in [0, 0.1) is 5.41 Å². The summed E-state index contributed by atoms with van der Waals surface area (Å²) < 4.78 is -0.508. The molecule has 0 atom stereocenters. The maximum absolute atomic E-state index is 11.7. The second-order valence-electron chi connectivity index (χ2n) is 6.87. The molecule has 0 aromatic carbocycles. The van der Waals surface area contributed by atoms with Crippen LogP contribution in [0.1, 0.15) is 73.1 Å². The van der Waals surface area contributed by atoms with E-state index in [1.54, 1.807) is 11.8 Å². The van der Waals surface area contributed by atoms with Gasteiger partial charge in [-0.2, -0.15) is 0 Å². The molecule has 3 heteroatoms. The number of carboxylic acid groups (broad SMARTS) is 1. The molecule has 1 N–H and O–H groups in total. The highest BCUT2D eigenvalue weighted by Gasteiger charge is 2.59. The van der Waals surface area contributed by atoms with Crippen LogP contribution in [0.5, 0.6) is 0 Å². The van der Waals surface area contributed by atoms with Gasteiger partial charge in [-0.15, -0.1) is 11.8 Å². The van der Waals surface area contributed by atoms with Crippen molar-refractivity contribution in [2.75, 3.05) is 0 Å². The van der Waals surface area contributed by atoms with Gasteiger partial charge in [0.2, 0.25) is 0 Å². The minimum Gasteiger partial charge on any atom is -0.480 e. The number of carboxylic acids is 1. The van der Waals surface area contributed by atoms with Crippen molar-refractivity contribution >= 4 is 17.7 Å². The maximum Gasteiger partial charge on any atom is 0.319 e. The van der Waals surface area contributed by atoms with E-state index in [1.165, 1.54) is 12.8 Å². The highest BCUT2D eigenvalue weighted by molar-refractivity contribution is 8.02. The predicted octanol–water partition coefficient (Wildman–Crippen LogP) is 4.72. The lowest BCUT2D eigenvalue weighted by molar-refractivity contribution is -0.147. The lowest BCUT2D eigenvalue weighted by Gasteiger charge is -2.55. The quantitative estimate of drug-likeness (QED) is 0.760. The van der Waals surface area contributed by atoms with Crippen LogP contribution >= 0.6 is 11.8 Å². The summed E-state index contributed by atoms with van der Waals surface area (Å²) in [6.45, 7) is 10.7. The van der Waals surface area contributed by atoms with E-state index in [4.69, 9.17) is 0 Å². The van der Waals surface area contributed by atoms with Crippen LogP contribution in [-0.4, -0.2) is 20.6 Å². The Kier molecular flexibility index (Phi) is 4.80. The third-order valence-electron chi connectivity index (χ3n) is 3.77. The molecule has 0 amide bonds. The molecule has 0 heterocycles. The number of hydrogen-bond acceptors (Lipinski definition) is 2. The van der Waals surface area contributed by atoms with Crippen LogP contribution in [0.4, 0.5) is 0 Å². The Hall–Kier alpha value is -0.180. The molecule has 1 aliphatic rings. The summed E-state index contributed by atoms with van der Waals surface area (Å²) in [6.07, 6.45) is 6.41. The summed E-state index contributed by atoms with van der Waals surface area (Å²) in [4.78, 5) is 11.7. The van der Waals surface area contributed by atoms with Gasteiger partial charge in [-0.1, -0.05) is 47.5 Å². The molecule has 1 fully saturated rings. The van der Waals surface area contributed by atoms with E-state index >= 15 is 0 Å². The Morgan fingerprint density at radius 2 is 1.61 bits per heavy atom. The molecule has 0 aromatic heterocycles. The molecular formula is C15H28O2S. The fourth-order valence-electron chi connectivity index (χ4n) is 3.55. The van der Waals surface area contributed by atoms with E-state index in [9.17, 15) is 9.90 Å². The van der Waals surface area contributed by atoms with Crippen LogP contribution in [0.3, 0.4) is 0 Å². The van der Waals surface area contributed by atoms with Gasteiger partial charge in [0, 0.05) is 4.75 Å². The normalized spacial score (nSPS) is 21.4. The minimum atomic E-state index is -0.606. The van der Waals surface area contributed by atoms with Gasteiger partial charge >= 0.3 is 5.97 Å². The second kappa shape index (κ2) is 5.44. The van der Waals surface area contributed by atoms with Crippen LogP contribution < -0.4 is 0 Å². The highest BCUT2D eigenvalue weighted by Crippen LogP contribution is 2.62. The van der Waals surface area contributed by atoms with Gasteiger partial charge in [0.05, 0.1) is 0 Å². The first-order valence-corrected chi connectivity index (χ1v) is 7.94. The summed E-state index contributed by atoms with van der Waals surface area (Å²) in [6, 6.07) is 0. The lowest BCUT2D eigenvalue weighted by Crippen LogP contribution is -2.56. The highest BCUT2D eigenvalue weighted by atomic mass is 32.2. The summed E-state index contributed by atoms with van der Waals surface area (Å²) in [7, 11) is 0. The van der Waals surface area contributed by atoms with Crippen molar-refractivity contribution in [3.8, 4) is 0 Å². The summed E-state index contributed by atoms with van der Waals surface area (Å²) in [5.41, 5.74) is 0.306. The third kappa shape index (κ3) is 3.43. The fraction of sp³-hybridized carbons (Fsp3) is 0.933. The van der Waals surface area contributed by atoms with Crippen LogP contribution in [-0.2, 0) is 4.79 Å². The topological polar surface area (TPSA) is 37.3 Å². The number of hydrogen-bond donors (Lipinski definition) is 1. The van der Waals surface area contributed by atoms with Crippen molar-refractivity contribution < 1.29 is 9.90 Å². The number of thioether (sulfide) groups is 1. The van der Waals surface area contributed by atoms with Gasteiger partial charge in [0.15, 0.2) is 0 Å². The first-order chi connectivity index (χ1) is 8.19. The zero-order valence-electron chi connectivity index (χ0n) is 12.5. The Bertz CT molecular complexity index is 290. The average Bonchev–Trinajstić information content (AvgIpc) is 2.12. The summed E-state index contributed by atoms with van der Waals surface area (Å²) >= 11 is 1.65. The van der Waals surface area contributed by atoms with E-state index in [0.29, 0.717) is 5.41 Å². The van der Waals surface area contributed by atoms with Gasteiger partial charge in [0.25, 0.3) is 0 Å². The van der Waals surface area contributed by atoms with E-state index in [-0.39, 0.29) is 4.75 Å². The van der Waals surface area contributed by atoms with Crippen LogP contribution in [0.25, 0.3) is 0 Å². The molecule has 0 unspecified atom stereocenters. The van der Waals surface area contributed by atoms with Crippen LogP contribution in [0.15, 0.2) is 0 Å². The smallest absolute Gasteiger partial charge is 0.319 e. The van der Waals surface area contributed by atoms with Gasteiger partial charge in [-0.25, -0.2) is 0 Å². The Labute approximate surface area is 116 Å². The molecule has 0 saturated heterocycles. The molecular weight excluding hydrogens is 244 g/mol. The van der Waals surface area contributed by atoms with Gasteiger partial charge in [0.1, 0.15) is 4.75 Å². The molecule has 0 bridgehead atoms. The minimum absolute atomic E-state index is 0.0168. The van der Waals surface area contributed by atoms with Crippen molar-refractivity contribution in [1.82, 2.24) is 0 Å². The zero-order chi connectivity index (χ0) is 14.0. The Morgan fingerprint density at radius 1 is 1.17 bits per heavy atom. The van der Waals surface area contributed by atoms with Crippen molar-refractivity contribution in [3.63, 3.8) is 0 Å². The standard InChI is InChI=1S/C15H28O2S/c1-6-8-14(9-7-2)10-15(11-14,12(16)17)18-13(3,4)5/h6-11H2,1-5H3,(H,16,17). The number of rotatable bonds is 6. The van der Waals surface area contributed by atoms with E-state index in [1.807, 2.05) is 0 Å². The average molecular weight is 272 g/mol. The van der Waals surface area contributed by atoms with Gasteiger partial charge in [-0.05, 0) is 31.1 Å². The van der Waals surface area contributed by atoms with Crippen molar-refractivity contribution in [2.45, 2.75) is 82.6 Å². The molecule has 18 heavy (non-hydrogen) atoms. The Balaban J connectivity index is 2.79. The number of aliphatic carboxylic acids is 1. The molecule has 2 nitrogen and oxygen atoms in total. The zero-order valence-corrected chi connectivity index (χ0v) is 13.3. The number of carbonyl (C=O) groups is 1. The molecule has 1 aliphatic carbocycles. The second-order valence-corrected chi connectivity index (χ2v) is 9.08. The molecule has 0 radical (unpaired) electrons. The van der Waals surface area contributed by atoms with E-state index in [2.05, 4.69) is 34.6 Å². The molecule has 106 valence electrons. The molecule has 1 saturated carbocycles. The molecule has 1 rings (SSSR count). The molecule has 0 aliphatic heterocycles. The first-order valence-electron chi connectivity index (χ1n) is 7.12. The van der Waals surface area contributed by atoms with Gasteiger partial charge < -0.3 is 5.11 Å².